The van der Waals surface area contributed by atoms with Crippen molar-refractivity contribution in [2.45, 2.75) is 57.3 Å². The average molecular weight is 549 g/mol. The molecule has 2 N–H and O–H groups in total. The normalized spacial score (nSPS) is 23.4. The topological polar surface area (TPSA) is 100 Å². The zero-order valence-corrected chi connectivity index (χ0v) is 23.9. The van der Waals surface area contributed by atoms with Crippen molar-refractivity contribution in [3.63, 3.8) is 0 Å². The Morgan fingerprint density at radius 2 is 1.90 bits per heavy atom. The molecule has 0 radical (unpaired) electrons. The molecule has 0 aliphatic carbocycles. The number of benzene rings is 2. The highest BCUT2D eigenvalue weighted by Crippen LogP contribution is 2.30. The number of methoxy groups -OCH3 is 1. The summed E-state index contributed by atoms with van der Waals surface area (Å²) in [5.41, 5.74) is 1.75. The van der Waals surface area contributed by atoms with E-state index < -0.39 is 30.1 Å². The lowest BCUT2D eigenvalue weighted by Gasteiger charge is -2.34. The molecule has 2 bridgehead atoms. The van der Waals surface area contributed by atoms with Crippen LogP contribution in [0.1, 0.15) is 37.8 Å². The molecule has 0 spiro atoms. The van der Waals surface area contributed by atoms with Gasteiger partial charge in [-0.1, -0.05) is 50.6 Å². The van der Waals surface area contributed by atoms with Gasteiger partial charge in [-0.2, -0.15) is 0 Å². The minimum absolute atomic E-state index is 0.129. The summed E-state index contributed by atoms with van der Waals surface area (Å²) in [6.07, 6.45) is 4.37. The van der Waals surface area contributed by atoms with E-state index in [1.807, 2.05) is 69.2 Å². The minimum atomic E-state index is -0.899. The van der Waals surface area contributed by atoms with Gasteiger partial charge < -0.3 is 25.0 Å². The van der Waals surface area contributed by atoms with E-state index in [1.54, 1.807) is 36.4 Å². The second-order valence-corrected chi connectivity index (χ2v) is 10.7. The predicted octanol–water partition coefficient (Wildman–Crippen LogP) is 2.85. The maximum absolute atomic E-state index is 14.1. The fourth-order valence-electron chi connectivity index (χ4n) is 5.30. The first-order valence-corrected chi connectivity index (χ1v) is 13.9. The van der Waals surface area contributed by atoms with Crippen LogP contribution >= 0.6 is 0 Å². The van der Waals surface area contributed by atoms with Crippen LogP contribution < -0.4 is 20.1 Å². The second-order valence-electron chi connectivity index (χ2n) is 10.7. The summed E-state index contributed by atoms with van der Waals surface area (Å²) < 4.78 is 11.9. The van der Waals surface area contributed by atoms with Crippen molar-refractivity contribution < 1.29 is 23.9 Å². The highest BCUT2D eigenvalue weighted by Gasteiger charge is 2.46. The number of hydrogen-bond donors (Lipinski definition) is 2. The number of nitrogens with zero attached hydrogens (tertiary/aromatic N) is 2. The van der Waals surface area contributed by atoms with Crippen LogP contribution in [0.5, 0.6) is 11.5 Å². The number of ether oxygens (including phenoxy) is 2. The Labute approximate surface area is 236 Å². The Kier molecular flexibility index (Phi) is 9.47. The fourth-order valence-corrected chi connectivity index (χ4v) is 5.30. The van der Waals surface area contributed by atoms with Crippen molar-refractivity contribution in [1.29, 1.82) is 0 Å². The Morgan fingerprint density at radius 3 is 2.58 bits per heavy atom. The minimum Gasteiger partial charge on any atom is -0.496 e. The van der Waals surface area contributed by atoms with Crippen molar-refractivity contribution in [3.05, 3.63) is 65.9 Å². The second kappa shape index (κ2) is 13.0. The Hall–Kier alpha value is -3.85. The first-order valence-electron chi connectivity index (χ1n) is 13.9. The van der Waals surface area contributed by atoms with Crippen molar-refractivity contribution >= 4 is 23.8 Å². The van der Waals surface area contributed by atoms with Crippen LogP contribution in [0, 0.1) is 5.92 Å². The Morgan fingerprint density at radius 1 is 1.15 bits per heavy atom. The third-order valence-electron chi connectivity index (χ3n) is 7.84. The van der Waals surface area contributed by atoms with Crippen LogP contribution in [0.4, 0.5) is 0 Å². The van der Waals surface area contributed by atoms with E-state index >= 15 is 0 Å². The number of rotatable bonds is 7. The van der Waals surface area contributed by atoms with Crippen LogP contribution in [0.25, 0.3) is 6.08 Å². The largest absolute Gasteiger partial charge is 0.496 e. The number of carbonyl (C=O) groups excluding carboxylic acids is 3. The molecule has 0 aromatic heterocycles. The first kappa shape index (κ1) is 29.1. The molecule has 0 saturated carbocycles. The number of amides is 3. The summed E-state index contributed by atoms with van der Waals surface area (Å²) in [5.74, 6) is 0.175. The highest BCUT2D eigenvalue weighted by atomic mass is 16.5. The van der Waals surface area contributed by atoms with E-state index in [1.165, 1.54) is 0 Å². The Balaban J connectivity index is 1.71. The lowest BCUT2D eigenvalue weighted by molar-refractivity contribution is -0.144. The van der Waals surface area contributed by atoms with Gasteiger partial charge in [-0.3, -0.25) is 19.3 Å². The third-order valence-corrected chi connectivity index (χ3v) is 7.84. The molecule has 0 unspecified atom stereocenters. The summed E-state index contributed by atoms with van der Waals surface area (Å²) in [6, 6.07) is 13.1. The van der Waals surface area contributed by atoms with Crippen molar-refractivity contribution in [2.75, 3.05) is 27.7 Å². The van der Waals surface area contributed by atoms with Gasteiger partial charge in [0.1, 0.15) is 29.7 Å². The number of fused-ring (bicyclic) bond motifs is 3. The molecule has 2 aliphatic heterocycles. The molecule has 214 valence electrons. The van der Waals surface area contributed by atoms with Gasteiger partial charge >= 0.3 is 0 Å². The third kappa shape index (κ3) is 6.47. The van der Waals surface area contributed by atoms with Gasteiger partial charge in [0.15, 0.2) is 0 Å². The predicted molar refractivity (Wildman–Crippen MR) is 154 cm³/mol. The van der Waals surface area contributed by atoms with Gasteiger partial charge in [-0.25, -0.2) is 0 Å². The van der Waals surface area contributed by atoms with Gasteiger partial charge in [0, 0.05) is 24.7 Å². The smallest absolute Gasteiger partial charge is 0.247 e. The molecular weight excluding hydrogens is 508 g/mol. The SMILES string of the molecule is CC[C@H](C)[C@H]1NC(=O)[C@@H]2[C@H](CCN2C(=O)[C@H](Cc2ccccc2)N(C)C)Oc2ccc(OC)c(c2)/C=C/NC1=O. The van der Waals surface area contributed by atoms with Gasteiger partial charge in [0.2, 0.25) is 17.7 Å². The lowest BCUT2D eigenvalue weighted by Crippen LogP contribution is -2.59. The molecule has 2 aromatic carbocycles. The van der Waals surface area contributed by atoms with E-state index in [0.717, 1.165) is 11.1 Å². The molecule has 2 aliphatic rings. The molecule has 5 atom stereocenters. The summed E-state index contributed by atoms with van der Waals surface area (Å²) in [5, 5.41) is 5.77. The highest BCUT2D eigenvalue weighted by molar-refractivity contribution is 5.94. The molecule has 1 fully saturated rings. The van der Waals surface area contributed by atoms with Crippen molar-refractivity contribution in [1.82, 2.24) is 20.4 Å². The standard InChI is InChI=1S/C31H40N4O5/c1-6-20(2)27-29(36)32-16-14-22-19-23(12-13-25(22)39-5)40-26-15-17-35(28(26)30(37)33-27)31(38)24(34(3)4)18-21-10-8-7-9-11-21/h7-14,16,19-20,24,26-28H,6,15,17-18H2,1-5H3,(H,32,36)(H,33,37)/b16-14+/t20-,24-,26-,27+,28-/m0/s1. The maximum atomic E-state index is 14.1. The molecule has 3 amide bonds. The quantitative estimate of drug-likeness (QED) is 0.552. The maximum Gasteiger partial charge on any atom is 0.247 e. The molecular formula is C31H40N4O5. The molecule has 9 nitrogen and oxygen atoms in total. The van der Waals surface area contributed by atoms with Gasteiger partial charge in [0.05, 0.1) is 13.2 Å². The average Bonchev–Trinajstić information content (AvgIpc) is 3.37. The Bertz CT molecular complexity index is 1230. The van der Waals surface area contributed by atoms with Gasteiger partial charge in [-0.05, 0) is 56.3 Å². The number of carbonyl (C=O) groups is 3. The van der Waals surface area contributed by atoms with Crippen molar-refractivity contribution in [2.24, 2.45) is 5.92 Å². The van der Waals surface area contributed by atoms with Crippen LogP contribution in [0.2, 0.25) is 0 Å². The zero-order chi connectivity index (χ0) is 28.8. The van der Waals surface area contributed by atoms with Gasteiger partial charge in [0.25, 0.3) is 0 Å². The van der Waals surface area contributed by atoms with E-state index in [9.17, 15) is 14.4 Å². The number of likely N-dealkylation sites (N-methyl/N-ethyl adjacent to an activating group) is 1. The molecule has 2 heterocycles. The summed E-state index contributed by atoms with van der Waals surface area (Å²) >= 11 is 0. The monoisotopic (exact) mass is 548 g/mol. The number of hydrogen-bond acceptors (Lipinski definition) is 6. The fraction of sp³-hybridized carbons (Fsp3) is 0.452. The van der Waals surface area contributed by atoms with Crippen molar-refractivity contribution in [3.8, 4) is 11.5 Å². The number of nitrogens with one attached hydrogen (secondary N) is 2. The molecule has 4 rings (SSSR count). The first-order chi connectivity index (χ1) is 19.2. The van der Waals surface area contributed by atoms with E-state index in [2.05, 4.69) is 10.6 Å². The van der Waals surface area contributed by atoms with Crippen LogP contribution in [-0.2, 0) is 20.8 Å². The van der Waals surface area contributed by atoms with Crippen LogP contribution in [0.15, 0.2) is 54.7 Å². The number of likely N-dealkylation sites (tertiary alicyclic amines) is 1. The summed E-state index contributed by atoms with van der Waals surface area (Å²) in [6.45, 7) is 4.26. The van der Waals surface area contributed by atoms with Crippen LogP contribution in [0.3, 0.4) is 0 Å². The zero-order valence-electron chi connectivity index (χ0n) is 23.9. The molecule has 40 heavy (non-hydrogen) atoms. The molecule has 1 saturated heterocycles. The summed E-state index contributed by atoms with van der Waals surface area (Å²) in [7, 11) is 5.32. The molecule has 9 heteroatoms. The molecule has 2 aromatic rings. The lowest BCUT2D eigenvalue weighted by atomic mass is 9.97. The van der Waals surface area contributed by atoms with E-state index in [-0.39, 0.29) is 17.7 Å². The van der Waals surface area contributed by atoms with E-state index in [0.29, 0.717) is 37.3 Å². The van der Waals surface area contributed by atoms with Gasteiger partial charge in [-0.15, -0.1) is 0 Å². The van der Waals surface area contributed by atoms with E-state index in [4.69, 9.17) is 9.47 Å². The summed E-state index contributed by atoms with van der Waals surface area (Å²) in [4.78, 5) is 44.7. The van der Waals surface area contributed by atoms with Crippen LogP contribution in [-0.4, -0.2) is 79.5 Å².